The van der Waals surface area contributed by atoms with Crippen molar-refractivity contribution in [3.05, 3.63) is 46.0 Å². The third-order valence-electron chi connectivity index (χ3n) is 3.87. The van der Waals surface area contributed by atoms with Crippen LogP contribution in [0.1, 0.15) is 49.6 Å². The second kappa shape index (κ2) is 5.66. The number of aryl methyl sites for hydroxylation is 1. The highest BCUT2D eigenvalue weighted by atomic mass is 79.9. The van der Waals surface area contributed by atoms with Gasteiger partial charge in [0, 0.05) is 23.5 Å². The van der Waals surface area contributed by atoms with Gasteiger partial charge in [-0.2, -0.15) is 0 Å². The molecule has 0 saturated heterocycles. The molecule has 1 aromatic carbocycles. The van der Waals surface area contributed by atoms with Crippen LogP contribution in [0.2, 0.25) is 0 Å². The monoisotopic (exact) mass is 334 g/mol. The van der Waals surface area contributed by atoms with Gasteiger partial charge in [-0.1, -0.05) is 28.1 Å². The van der Waals surface area contributed by atoms with Gasteiger partial charge in [0.15, 0.2) is 0 Å². The molecule has 2 aromatic rings. The smallest absolute Gasteiger partial charge is 0.149 e. The third-order valence-corrected chi connectivity index (χ3v) is 4.37. The van der Waals surface area contributed by atoms with Crippen LogP contribution in [-0.4, -0.2) is 14.8 Å². The summed E-state index contributed by atoms with van der Waals surface area (Å²) in [5.74, 6) is 2.18. The molecule has 0 radical (unpaired) electrons. The van der Waals surface area contributed by atoms with E-state index >= 15 is 0 Å². The molecule has 0 amide bonds. The SMILES string of the molecule is CC(NC(C)c1nnc2n1CCC2)c1cccc(Br)c1. The molecule has 5 heteroatoms. The van der Waals surface area contributed by atoms with E-state index in [2.05, 4.69) is 68.1 Å². The average molecular weight is 335 g/mol. The highest BCUT2D eigenvalue weighted by molar-refractivity contribution is 9.10. The number of nitrogens with one attached hydrogen (secondary N) is 1. The van der Waals surface area contributed by atoms with Gasteiger partial charge in [0.05, 0.1) is 6.04 Å². The summed E-state index contributed by atoms with van der Waals surface area (Å²) in [6, 6.07) is 8.88. The molecule has 1 aliphatic rings. The van der Waals surface area contributed by atoms with Gasteiger partial charge in [-0.05, 0) is 38.0 Å². The zero-order valence-corrected chi connectivity index (χ0v) is 13.4. The molecule has 3 rings (SSSR count). The Bertz CT molecular complexity index is 608. The first-order valence-electron chi connectivity index (χ1n) is 7.08. The number of rotatable bonds is 4. The van der Waals surface area contributed by atoms with Gasteiger partial charge in [0.1, 0.15) is 11.6 Å². The van der Waals surface area contributed by atoms with Gasteiger partial charge < -0.3 is 9.88 Å². The Labute approximate surface area is 127 Å². The summed E-state index contributed by atoms with van der Waals surface area (Å²) >= 11 is 3.52. The van der Waals surface area contributed by atoms with E-state index in [1.165, 1.54) is 12.0 Å². The van der Waals surface area contributed by atoms with Crippen LogP contribution in [0.3, 0.4) is 0 Å². The molecular formula is C15H19BrN4. The Balaban J connectivity index is 1.73. The van der Waals surface area contributed by atoms with E-state index in [4.69, 9.17) is 0 Å². The molecule has 0 fully saturated rings. The van der Waals surface area contributed by atoms with Crippen LogP contribution in [0.5, 0.6) is 0 Å². The van der Waals surface area contributed by atoms with E-state index in [9.17, 15) is 0 Å². The normalized spacial score (nSPS) is 16.9. The van der Waals surface area contributed by atoms with Gasteiger partial charge in [-0.15, -0.1) is 10.2 Å². The Hall–Kier alpha value is -1.20. The predicted octanol–water partition coefficient (Wildman–Crippen LogP) is 3.40. The Kier molecular flexibility index (Phi) is 3.89. The topological polar surface area (TPSA) is 42.7 Å². The Morgan fingerprint density at radius 2 is 2.10 bits per heavy atom. The molecule has 0 bridgehead atoms. The summed E-state index contributed by atoms with van der Waals surface area (Å²) < 4.78 is 3.37. The summed E-state index contributed by atoms with van der Waals surface area (Å²) in [5, 5.41) is 12.2. The largest absolute Gasteiger partial charge is 0.314 e. The Morgan fingerprint density at radius 1 is 1.25 bits per heavy atom. The van der Waals surface area contributed by atoms with Crippen LogP contribution in [0, 0.1) is 0 Å². The molecule has 1 aliphatic heterocycles. The van der Waals surface area contributed by atoms with Crippen LogP contribution in [0.4, 0.5) is 0 Å². The fraction of sp³-hybridized carbons (Fsp3) is 0.467. The lowest BCUT2D eigenvalue weighted by molar-refractivity contribution is 0.459. The van der Waals surface area contributed by atoms with Crippen LogP contribution >= 0.6 is 15.9 Å². The number of halogens is 1. The lowest BCUT2D eigenvalue weighted by atomic mass is 10.1. The van der Waals surface area contributed by atoms with Crippen molar-refractivity contribution in [2.45, 2.75) is 45.3 Å². The summed E-state index contributed by atoms with van der Waals surface area (Å²) in [6.45, 7) is 5.39. The zero-order chi connectivity index (χ0) is 14.1. The van der Waals surface area contributed by atoms with E-state index in [1.807, 2.05) is 6.07 Å². The minimum absolute atomic E-state index is 0.198. The molecule has 2 heterocycles. The van der Waals surface area contributed by atoms with Gasteiger partial charge in [-0.3, -0.25) is 0 Å². The maximum absolute atomic E-state index is 4.34. The molecule has 0 aliphatic carbocycles. The van der Waals surface area contributed by atoms with Crippen molar-refractivity contribution in [2.75, 3.05) is 0 Å². The molecule has 20 heavy (non-hydrogen) atoms. The number of benzene rings is 1. The number of fused-ring (bicyclic) bond motifs is 1. The fourth-order valence-corrected chi connectivity index (χ4v) is 3.23. The molecule has 0 spiro atoms. The van der Waals surface area contributed by atoms with E-state index in [0.717, 1.165) is 29.1 Å². The molecule has 106 valence electrons. The minimum Gasteiger partial charge on any atom is -0.314 e. The summed E-state index contributed by atoms with van der Waals surface area (Å²) in [5.41, 5.74) is 1.27. The van der Waals surface area contributed by atoms with Crippen LogP contribution in [0.15, 0.2) is 28.7 Å². The molecular weight excluding hydrogens is 316 g/mol. The number of aromatic nitrogens is 3. The van der Waals surface area contributed by atoms with Crippen molar-refractivity contribution < 1.29 is 0 Å². The second-order valence-electron chi connectivity index (χ2n) is 5.39. The highest BCUT2D eigenvalue weighted by Gasteiger charge is 2.22. The highest BCUT2D eigenvalue weighted by Crippen LogP contribution is 2.23. The molecule has 0 saturated carbocycles. The summed E-state index contributed by atoms with van der Waals surface area (Å²) in [6.07, 6.45) is 2.24. The first-order valence-corrected chi connectivity index (χ1v) is 7.88. The maximum atomic E-state index is 4.34. The molecule has 4 nitrogen and oxygen atoms in total. The van der Waals surface area contributed by atoms with E-state index in [-0.39, 0.29) is 12.1 Å². The van der Waals surface area contributed by atoms with Gasteiger partial charge >= 0.3 is 0 Å². The summed E-state index contributed by atoms with van der Waals surface area (Å²) in [7, 11) is 0. The Morgan fingerprint density at radius 3 is 2.90 bits per heavy atom. The molecule has 2 unspecified atom stereocenters. The number of nitrogens with zero attached hydrogens (tertiary/aromatic N) is 3. The first-order chi connectivity index (χ1) is 9.65. The van der Waals surface area contributed by atoms with Crippen molar-refractivity contribution in [2.24, 2.45) is 0 Å². The molecule has 1 aromatic heterocycles. The van der Waals surface area contributed by atoms with Crippen molar-refractivity contribution in [1.82, 2.24) is 20.1 Å². The fourth-order valence-electron chi connectivity index (χ4n) is 2.82. The zero-order valence-electron chi connectivity index (χ0n) is 11.8. The number of hydrogen-bond acceptors (Lipinski definition) is 3. The van der Waals surface area contributed by atoms with Gasteiger partial charge in [0.25, 0.3) is 0 Å². The van der Waals surface area contributed by atoms with Crippen molar-refractivity contribution in [1.29, 1.82) is 0 Å². The van der Waals surface area contributed by atoms with E-state index < -0.39 is 0 Å². The lowest BCUT2D eigenvalue weighted by Crippen LogP contribution is -2.25. The quantitative estimate of drug-likeness (QED) is 0.931. The number of hydrogen-bond donors (Lipinski definition) is 1. The van der Waals surface area contributed by atoms with Crippen molar-refractivity contribution >= 4 is 15.9 Å². The predicted molar refractivity (Wildman–Crippen MR) is 82.5 cm³/mol. The standard InChI is InChI=1S/C15H19BrN4/c1-10(12-5-3-6-13(16)9-12)17-11(2)15-19-18-14-7-4-8-20(14)15/h3,5-6,9-11,17H,4,7-8H2,1-2H3. The molecule has 2 atom stereocenters. The molecule has 1 N–H and O–H groups in total. The van der Waals surface area contributed by atoms with E-state index in [0.29, 0.717) is 0 Å². The second-order valence-corrected chi connectivity index (χ2v) is 6.31. The third kappa shape index (κ3) is 2.65. The minimum atomic E-state index is 0.198. The van der Waals surface area contributed by atoms with Crippen molar-refractivity contribution in [3.63, 3.8) is 0 Å². The van der Waals surface area contributed by atoms with Gasteiger partial charge in [0.2, 0.25) is 0 Å². The maximum Gasteiger partial charge on any atom is 0.149 e. The van der Waals surface area contributed by atoms with Crippen LogP contribution in [0.25, 0.3) is 0 Å². The van der Waals surface area contributed by atoms with Crippen LogP contribution < -0.4 is 5.32 Å². The average Bonchev–Trinajstić information content (AvgIpc) is 3.00. The first kappa shape index (κ1) is 13.8. The lowest BCUT2D eigenvalue weighted by Gasteiger charge is -2.20. The van der Waals surface area contributed by atoms with Gasteiger partial charge in [-0.25, -0.2) is 0 Å². The van der Waals surface area contributed by atoms with Crippen molar-refractivity contribution in [3.8, 4) is 0 Å². The van der Waals surface area contributed by atoms with Crippen LogP contribution in [-0.2, 0) is 13.0 Å². The summed E-state index contributed by atoms with van der Waals surface area (Å²) in [4.78, 5) is 0. The van der Waals surface area contributed by atoms with E-state index in [1.54, 1.807) is 0 Å².